The van der Waals surface area contributed by atoms with Gasteiger partial charge in [0.2, 0.25) is 0 Å². The van der Waals surface area contributed by atoms with Crippen LogP contribution in [0, 0.1) is 0 Å². The molecule has 0 bridgehead atoms. The van der Waals surface area contributed by atoms with E-state index < -0.39 is 0 Å². The normalized spacial score (nSPS) is 22.6. The first-order chi connectivity index (χ1) is 11.7. The fraction of sp³-hybridized carbons (Fsp3) is 0.824. The quantitative estimate of drug-likeness (QED) is 0.843. The standard InChI is InChI=1S/C17H29N5O2/c1-3-24-17(23)22-11-7-8-14(12-22)16-19-18-15(20(16)2)13-21-9-5-4-6-10-21/h14H,3-13H2,1-2H3. The third-order valence-electron chi connectivity index (χ3n) is 5.12. The first-order valence-corrected chi connectivity index (χ1v) is 9.21. The number of carbonyl (C=O) groups excluding carboxylic acids is 1. The van der Waals surface area contributed by atoms with Crippen LogP contribution in [0.4, 0.5) is 4.79 Å². The Morgan fingerprint density at radius 1 is 1.17 bits per heavy atom. The van der Waals surface area contributed by atoms with Crippen molar-refractivity contribution in [3.8, 4) is 0 Å². The van der Waals surface area contributed by atoms with Gasteiger partial charge in [-0.3, -0.25) is 4.90 Å². The van der Waals surface area contributed by atoms with Crippen LogP contribution in [0.15, 0.2) is 0 Å². The largest absolute Gasteiger partial charge is 0.450 e. The lowest BCUT2D eigenvalue weighted by atomic mass is 9.97. The van der Waals surface area contributed by atoms with Gasteiger partial charge in [-0.05, 0) is 45.7 Å². The third kappa shape index (κ3) is 3.88. The van der Waals surface area contributed by atoms with Crippen molar-refractivity contribution in [1.29, 1.82) is 0 Å². The van der Waals surface area contributed by atoms with E-state index in [4.69, 9.17) is 4.74 Å². The van der Waals surface area contributed by atoms with Gasteiger partial charge in [-0.15, -0.1) is 10.2 Å². The third-order valence-corrected chi connectivity index (χ3v) is 5.12. The van der Waals surface area contributed by atoms with Gasteiger partial charge in [-0.1, -0.05) is 6.42 Å². The molecule has 7 nitrogen and oxygen atoms in total. The molecular formula is C17H29N5O2. The molecule has 3 heterocycles. The number of hydrogen-bond donors (Lipinski definition) is 0. The Morgan fingerprint density at radius 3 is 2.71 bits per heavy atom. The van der Waals surface area contributed by atoms with Gasteiger partial charge >= 0.3 is 6.09 Å². The molecule has 0 spiro atoms. The van der Waals surface area contributed by atoms with Crippen LogP contribution in [0.1, 0.15) is 56.6 Å². The smallest absolute Gasteiger partial charge is 0.409 e. The van der Waals surface area contributed by atoms with Gasteiger partial charge in [-0.25, -0.2) is 4.79 Å². The zero-order chi connectivity index (χ0) is 16.9. The lowest BCUT2D eigenvalue weighted by Crippen LogP contribution is -2.40. The second-order valence-electron chi connectivity index (χ2n) is 6.85. The molecule has 1 amide bonds. The van der Waals surface area contributed by atoms with Crippen molar-refractivity contribution < 1.29 is 9.53 Å². The van der Waals surface area contributed by atoms with Crippen LogP contribution in [0.2, 0.25) is 0 Å². The summed E-state index contributed by atoms with van der Waals surface area (Å²) >= 11 is 0. The molecule has 0 aliphatic carbocycles. The van der Waals surface area contributed by atoms with Crippen molar-refractivity contribution >= 4 is 6.09 Å². The summed E-state index contributed by atoms with van der Waals surface area (Å²) in [5, 5.41) is 8.88. The highest BCUT2D eigenvalue weighted by atomic mass is 16.6. The number of rotatable bonds is 4. The molecule has 2 aliphatic rings. The predicted octanol–water partition coefficient (Wildman–Crippen LogP) is 2.14. The fourth-order valence-corrected chi connectivity index (χ4v) is 3.75. The topological polar surface area (TPSA) is 63.5 Å². The molecule has 0 saturated carbocycles. The molecule has 0 N–H and O–H groups in total. The van der Waals surface area contributed by atoms with Crippen LogP contribution >= 0.6 is 0 Å². The number of hydrogen-bond acceptors (Lipinski definition) is 5. The van der Waals surface area contributed by atoms with E-state index in [0.717, 1.165) is 50.7 Å². The van der Waals surface area contributed by atoms with Crippen molar-refractivity contribution in [1.82, 2.24) is 24.6 Å². The Balaban J connectivity index is 1.64. The minimum absolute atomic E-state index is 0.210. The molecule has 2 fully saturated rings. The highest BCUT2D eigenvalue weighted by molar-refractivity contribution is 5.67. The maximum Gasteiger partial charge on any atom is 0.409 e. The molecule has 3 rings (SSSR count). The van der Waals surface area contributed by atoms with Gasteiger partial charge in [0.05, 0.1) is 13.2 Å². The van der Waals surface area contributed by atoms with Gasteiger partial charge in [0, 0.05) is 26.1 Å². The van der Waals surface area contributed by atoms with Gasteiger partial charge < -0.3 is 14.2 Å². The van der Waals surface area contributed by atoms with Crippen molar-refractivity contribution in [2.24, 2.45) is 7.05 Å². The van der Waals surface area contributed by atoms with Crippen molar-refractivity contribution in [2.45, 2.75) is 51.5 Å². The van der Waals surface area contributed by atoms with E-state index in [9.17, 15) is 4.79 Å². The lowest BCUT2D eigenvalue weighted by molar-refractivity contribution is 0.0949. The molecule has 2 aliphatic heterocycles. The summed E-state index contributed by atoms with van der Waals surface area (Å²) in [6, 6.07) is 0. The molecule has 24 heavy (non-hydrogen) atoms. The second kappa shape index (κ2) is 7.96. The van der Waals surface area contributed by atoms with Gasteiger partial charge in [-0.2, -0.15) is 0 Å². The zero-order valence-corrected chi connectivity index (χ0v) is 14.9. The van der Waals surface area contributed by atoms with Crippen molar-refractivity contribution in [3.05, 3.63) is 11.6 Å². The Hall–Kier alpha value is -1.63. The maximum atomic E-state index is 12.0. The Morgan fingerprint density at radius 2 is 1.96 bits per heavy atom. The van der Waals surface area contributed by atoms with Crippen LogP contribution in [-0.2, 0) is 18.3 Å². The summed E-state index contributed by atoms with van der Waals surface area (Å²) in [4.78, 5) is 16.2. The van der Waals surface area contributed by atoms with Gasteiger partial charge in [0.1, 0.15) is 11.6 Å². The summed E-state index contributed by atoms with van der Waals surface area (Å²) in [5.74, 6) is 2.27. The number of nitrogens with zero attached hydrogens (tertiary/aromatic N) is 5. The maximum absolute atomic E-state index is 12.0. The number of likely N-dealkylation sites (tertiary alicyclic amines) is 2. The molecule has 1 aromatic heterocycles. The molecule has 134 valence electrons. The number of piperidine rings is 2. The summed E-state index contributed by atoms with van der Waals surface area (Å²) in [6.45, 7) is 6.89. The average Bonchev–Trinajstić information content (AvgIpc) is 2.97. The molecule has 1 aromatic rings. The molecule has 7 heteroatoms. The average molecular weight is 335 g/mol. The highest BCUT2D eigenvalue weighted by Crippen LogP contribution is 2.26. The van der Waals surface area contributed by atoms with E-state index in [1.807, 2.05) is 6.92 Å². The number of carbonyl (C=O) groups is 1. The van der Waals surface area contributed by atoms with E-state index in [2.05, 4.69) is 26.7 Å². The van der Waals surface area contributed by atoms with E-state index >= 15 is 0 Å². The fourth-order valence-electron chi connectivity index (χ4n) is 3.75. The first-order valence-electron chi connectivity index (χ1n) is 9.21. The Kier molecular flexibility index (Phi) is 5.71. The number of aromatic nitrogens is 3. The van der Waals surface area contributed by atoms with Crippen LogP contribution in [0.25, 0.3) is 0 Å². The first kappa shape index (κ1) is 17.2. The predicted molar refractivity (Wildman–Crippen MR) is 90.7 cm³/mol. The van der Waals surface area contributed by atoms with Gasteiger partial charge in [0.25, 0.3) is 0 Å². The summed E-state index contributed by atoms with van der Waals surface area (Å²) in [7, 11) is 2.05. The molecule has 0 radical (unpaired) electrons. The molecule has 1 atom stereocenters. The minimum Gasteiger partial charge on any atom is -0.450 e. The minimum atomic E-state index is -0.210. The zero-order valence-electron chi connectivity index (χ0n) is 14.9. The van der Waals surface area contributed by atoms with Crippen molar-refractivity contribution in [3.63, 3.8) is 0 Å². The van der Waals surface area contributed by atoms with Crippen LogP contribution in [-0.4, -0.2) is 63.4 Å². The summed E-state index contributed by atoms with van der Waals surface area (Å²) < 4.78 is 7.27. The Bertz CT molecular complexity index is 553. The summed E-state index contributed by atoms with van der Waals surface area (Å²) in [5.41, 5.74) is 0. The SMILES string of the molecule is CCOC(=O)N1CCCC(c2nnc(CN3CCCCC3)n2C)C1. The van der Waals surface area contributed by atoms with Crippen LogP contribution in [0.3, 0.4) is 0 Å². The number of amides is 1. The Labute approximate surface area is 144 Å². The van der Waals surface area contributed by atoms with Gasteiger partial charge in [0.15, 0.2) is 0 Å². The van der Waals surface area contributed by atoms with Crippen molar-refractivity contribution in [2.75, 3.05) is 32.8 Å². The molecule has 2 saturated heterocycles. The van der Waals surface area contributed by atoms with E-state index in [1.165, 1.54) is 19.3 Å². The molecule has 0 aromatic carbocycles. The highest BCUT2D eigenvalue weighted by Gasteiger charge is 2.29. The van der Waals surface area contributed by atoms with E-state index in [1.54, 1.807) is 4.90 Å². The monoisotopic (exact) mass is 335 g/mol. The van der Waals surface area contributed by atoms with Crippen LogP contribution in [0.5, 0.6) is 0 Å². The van der Waals surface area contributed by atoms with Crippen LogP contribution < -0.4 is 0 Å². The number of ether oxygens (including phenoxy) is 1. The van der Waals surface area contributed by atoms with E-state index in [0.29, 0.717) is 13.2 Å². The second-order valence-corrected chi connectivity index (χ2v) is 6.85. The lowest BCUT2D eigenvalue weighted by Gasteiger charge is -2.31. The summed E-state index contributed by atoms with van der Waals surface area (Å²) in [6.07, 6.45) is 5.72. The molecular weight excluding hydrogens is 306 g/mol. The molecule has 1 unspecified atom stereocenters. The van der Waals surface area contributed by atoms with E-state index in [-0.39, 0.29) is 12.0 Å².